The maximum absolute atomic E-state index is 12.4. The van der Waals surface area contributed by atoms with Gasteiger partial charge in [-0.3, -0.25) is 9.69 Å². The molecule has 3 rings (SSSR count). The number of hydrogen-bond donors (Lipinski definition) is 1. The molecule has 2 aromatic rings. The summed E-state index contributed by atoms with van der Waals surface area (Å²) in [4.78, 5) is 14.9. The minimum absolute atomic E-state index is 0.205. The third kappa shape index (κ3) is 4.89. The van der Waals surface area contributed by atoms with E-state index in [1.54, 1.807) is 13.2 Å². The van der Waals surface area contributed by atoms with Crippen LogP contribution in [-0.4, -0.2) is 48.7 Å². The molecule has 1 aromatic heterocycles. The molecule has 6 heteroatoms. The number of aromatic nitrogens is 1. The number of carbonyl (C=O) groups is 1. The van der Waals surface area contributed by atoms with Crippen LogP contribution in [0, 0.1) is 11.8 Å². The van der Waals surface area contributed by atoms with Gasteiger partial charge in [0.25, 0.3) is 5.91 Å². The summed E-state index contributed by atoms with van der Waals surface area (Å²) in [7, 11) is 1.62. The Bertz CT molecular complexity index is 746. The number of nitrogens with zero attached hydrogens (tertiary/aromatic N) is 2. The van der Waals surface area contributed by atoms with Crippen molar-refractivity contribution in [2.75, 3.05) is 26.7 Å². The molecule has 1 amide bonds. The number of benzene rings is 1. The van der Waals surface area contributed by atoms with Gasteiger partial charge in [0.1, 0.15) is 5.75 Å². The summed E-state index contributed by atoms with van der Waals surface area (Å²) in [5.41, 5.74) is 1.15. The summed E-state index contributed by atoms with van der Waals surface area (Å²) in [5, 5.41) is 6.90. The summed E-state index contributed by atoms with van der Waals surface area (Å²) in [5.74, 6) is 2.54. The Balaban J connectivity index is 1.56. The first-order chi connectivity index (χ1) is 13.0. The van der Waals surface area contributed by atoms with Gasteiger partial charge in [0.05, 0.1) is 7.11 Å². The molecular weight excluding hydrogens is 342 g/mol. The van der Waals surface area contributed by atoms with Crippen LogP contribution in [0.4, 0.5) is 0 Å². The first-order valence-corrected chi connectivity index (χ1v) is 9.59. The maximum atomic E-state index is 12.4. The van der Waals surface area contributed by atoms with Gasteiger partial charge in [-0.2, -0.15) is 0 Å². The molecule has 0 radical (unpaired) electrons. The summed E-state index contributed by atoms with van der Waals surface area (Å²) in [6.07, 6.45) is 1.28. The van der Waals surface area contributed by atoms with Gasteiger partial charge in [-0.05, 0) is 49.4 Å². The fourth-order valence-electron chi connectivity index (χ4n) is 3.80. The zero-order chi connectivity index (χ0) is 19.4. The highest BCUT2D eigenvalue weighted by Gasteiger charge is 2.25. The van der Waals surface area contributed by atoms with Crippen LogP contribution in [0.25, 0.3) is 11.3 Å². The van der Waals surface area contributed by atoms with Gasteiger partial charge in [-0.25, -0.2) is 0 Å². The molecule has 0 unspecified atom stereocenters. The van der Waals surface area contributed by atoms with Gasteiger partial charge in [0.15, 0.2) is 11.5 Å². The van der Waals surface area contributed by atoms with E-state index in [0.29, 0.717) is 35.9 Å². The second kappa shape index (κ2) is 8.57. The minimum Gasteiger partial charge on any atom is -0.497 e. The van der Waals surface area contributed by atoms with E-state index in [1.807, 2.05) is 24.3 Å². The highest BCUT2D eigenvalue weighted by molar-refractivity contribution is 5.93. The third-order valence-corrected chi connectivity index (χ3v) is 5.20. The van der Waals surface area contributed by atoms with Crippen molar-refractivity contribution in [3.05, 3.63) is 36.0 Å². The molecule has 0 bridgehead atoms. The molecule has 146 valence electrons. The predicted octanol–water partition coefficient (Wildman–Crippen LogP) is 3.45. The third-order valence-electron chi connectivity index (χ3n) is 5.20. The zero-order valence-corrected chi connectivity index (χ0v) is 16.6. The molecule has 6 nitrogen and oxygen atoms in total. The monoisotopic (exact) mass is 371 g/mol. The highest BCUT2D eigenvalue weighted by atomic mass is 16.5. The second-order valence-corrected chi connectivity index (χ2v) is 7.76. The first-order valence-electron chi connectivity index (χ1n) is 9.59. The molecule has 0 saturated carbocycles. The lowest BCUT2D eigenvalue weighted by Gasteiger charge is -2.38. The average molecular weight is 371 g/mol. The number of likely N-dealkylation sites (tertiary alicyclic amines) is 1. The van der Waals surface area contributed by atoms with Crippen LogP contribution in [-0.2, 0) is 0 Å². The van der Waals surface area contributed by atoms with Gasteiger partial charge in [-0.1, -0.05) is 19.0 Å². The number of rotatable bonds is 6. The van der Waals surface area contributed by atoms with Crippen molar-refractivity contribution in [1.82, 2.24) is 15.4 Å². The summed E-state index contributed by atoms with van der Waals surface area (Å²) < 4.78 is 10.5. The predicted molar refractivity (Wildman–Crippen MR) is 105 cm³/mol. The van der Waals surface area contributed by atoms with Gasteiger partial charge < -0.3 is 14.6 Å². The zero-order valence-electron chi connectivity index (χ0n) is 16.6. The molecule has 1 N–H and O–H groups in total. The van der Waals surface area contributed by atoms with Gasteiger partial charge in [0, 0.05) is 37.3 Å². The molecule has 3 atom stereocenters. The largest absolute Gasteiger partial charge is 0.497 e. The van der Waals surface area contributed by atoms with E-state index < -0.39 is 0 Å². The lowest BCUT2D eigenvalue weighted by atomic mass is 9.91. The van der Waals surface area contributed by atoms with Gasteiger partial charge in [0.2, 0.25) is 0 Å². The summed E-state index contributed by atoms with van der Waals surface area (Å²) in [6.45, 7) is 9.54. The lowest BCUT2D eigenvalue weighted by Crippen LogP contribution is -2.48. The Morgan fingerprint density at radius 1 is 1.30 bits per heavy atom. The van der Waals surface area contributed by atoms with E-state index in [-0.39, 0.29) is 5.91 Å². The summed E-state index contributed by atoms with van der Waals surface area (Å²) >= 11 is 0. The Hall–Kier alpha value is -2.34. The minimum atomic E-state index is -0.205. The topological polar surface area (TPSA) is 67.6 Å². The molecule has 2 heterocycles. The van der Waals surface area contributed by atoms with Crippen molar-refractivity contribution in [2.45, 2.75) is 33.2 Å². The number of nitrogens with one attached hydrogen (secondary N) is 1. The molecule has 1 aliphatic heterocycles. The molecule has 1 aromatic carbocycles. The van der Waals surface area contributed by atoms with E-state index >= 15 is 0 Å². The smallest absolute Gasteiger partial charge is 0.273 e. The van der Waals surface area contributed by atoms with Crippen molar-refractivity contribution < 1.29 is 14.1 Å². The number of amides is 1. The van der Waals surface area contributed by atoms with Crippen LogP contribution in [0.3, 0.4) is 0 Å². The molecule has 27 heavy (non-hydrogen) atoms. The maximum Gasteiger partial charge on any atom is 0.273 e. The Morgan fingerprint density at radius 3 is 2.59 bits per heavy atom. The van der Waals surface area contributed by atoms with Crippen molar-refractivity contribution in [1.29, 1.82) is 0 Å². The number of methoxy groups -OCH3 is 1. The number of ether oxygens (including phenoxy) is 1. The summed E-state index contributed by atoms with van der Waals surface area (Å²) in [6, 6.07) is 9.42. The molecule has 1 aliphatic rings. The van der Waals surface area contributed by atoms with E-state index in [0.717, 1.165) is 24.4 Å². The van der Waals surface area contributed by atoms with Crippen molar-refractivity contribution in [3.8, 4) is 17.1 Å². The molecule has 0 spiro atoms. The van der Waals surface area contributed by atoms with Crippen molar-refractivity contribution in [3.63, 3.8) is 0 Å². The Morgan fingerprint density at radius 2 is 1.96 bits per heavy atom. The molecular formula is C21H29N3O3. The number of carbonyl (C=O) groups excluding carboxylic acids is 1. The Kier molecular flexibility index (Phi) is 6.16. The van der Waals surface area contributed by atoms with E-state index in [4.69, 9.17) is 9.26 Å². The Labute approximate surface area is 160 Å². The SMILES string of the molecule is COc1ccc(-c2cc(C(=O)NC[C@@H](C)N3C[C@H](C)C[C@H](C)C3)no2)cc1. The molecule has 1 fully saturated rings. The molecule has 0 aliphatic carbocycles. The van der Waals surface area contributed by atoms with Gasteiger partial charge in [-0.15, -0.1) is 0 Å². The lowest BCUT2D eigenvalue weighted by molar-refractivity contribution is 0.0862. The van der Waals surface area contributed by atoms with Crippen LogP contribution in [0.5, 0.6) is 5.75 Å². The van der Waals surface area contributed by atoms with Crippen molar-refractivity contribution in [2.24, 2.45) is 11.8 Å². The standard InChI is InChI=1S/C21H29N3O3/c1-14-9-15(2)13-24(12-14)16(3)11-22-21(25)19-10-20(27-23-19)17-5-7-18(26-4)8-6-17/h5-8,10,14-16H,9,11-13H2,1-4H3,(H,22,25)/t14-,15+,16-/m1/s1. The van der Waals surface area contributed by atoms with Crippen molar-refractivity contribution >= 4 is 5.91 Å². The van der Waals surface area contributed by atoms with Crippen LogP contribution in [0.15, 0.2) is 34.9 Å². The van der Waals surface area contributed by atoms with Crippen LogP contribution in [0.1, 0.15) is 37.7 Å². The fourth-order valence-corrected chi connectivity index (χ4v) is 3.80. The highest BCUT2D eigenvalue weighted by Crippen LogP contribution is 2.24. The van der Waals surface area contributed by atoms with Crippen LogP contribution in [0.2, 0.25) is 0 Å². The van der Waals surface area contributed by atoms with E-state index in [2.05, 4.69) is 36.1 Å². The number of hydrogen-bond acceptors (Lipinski definition) is 5. The first kappa shape index (κ1) is 19.4. The quantitative estimate of drug-likeness (QED) is 0.842. The van der Waals surface area contributed by atoms with Crippen LogP contribution < -0.4 is 10.1 Å². The number of piperidine rings is 1. The van der Waals surface area contributed by atoms with Gasteiger partial charge >= 0.3 is 0 Å². The molecule has 1 saturated heterocycles. The normalized spacial score (nSPS) is 21.6. The van der Waals surface area contributed by atoms with E-state index in [1.165, 1.54) is 6.42 Å². The van der Waals surface area contributed by atoms with Crippen LogP contribution >= 0.6 is 0 Å². The van der Waals surface area contributed by atoms with E-state index in [9.17, 15) is 4.79 Å². The average Bonchev–Trinajstić information content (AvgIpc) is 3.15. The second-order valence-electron chi connectivity index (χ2n) is 7.76. The fraction of sp³-hybridized carbons (Fsp3) is 0.524.